The Labute approximate surface area is 104 Å². The minimum Gasteiger partial charge on any atom is -0.376 e. The number of carbonyl (C=O) groups excluding carboxylic acids is 1. The van der Waals surface area contributed by atoms with Crippen molar-refractivity contribution < 1.29 is 9.53 Å². The quantitative estimate of drug-likeness (QED) is 0.783. The van der Waals surface area contributed by atoms with Crippen LogP contribution < -0.4 is 5.32 Å². The van der Waals surface area contributed by atoms with Crippen LogP contribution in [0.15, 0.2) is 0 Å². The lowest BCUT2D eigenvalue weighted by Crippen LogP contribution is -2.45. The number of hydrogen-bond donors (Lipinski definition) is 1. The van der Waals surface area contributed by atoms with Crippen molar-refractivity contribution in [2.45, 2.75) is 39.2 Å². The van der Waals surface area contributed by atoms with Gasteiger partial charge in [0.05, 0.1) is 11.5 Å². The van der Waals surface area contributed by atoms with Gasteiger partial charge in [0.2, 0.25) is 5.91 Å². The summed E-state index contributed by atoms with van der Waals surface area (Å²) in [6.07, 6.45) is 3.74. The molecule has 2 aliphatic rings. The van der Waals surface area contributed by atoms with Gasteiger partial charge in [-0.15, -0.1) is 0 Å². The van der Waals surface area contributed by atoms with E-state index in [0.29, 0.717) is 0 Å². The van der Waals surface area contributed by atoms with Gasteiger partial charge in [-0.25, -0.2) is 0 Å². The molecule has 17 heavy (non-hydrogen) atoms. The molecule has 2 aliphatic heterocycles. The highest BCUT2D eigenvalue weighted by atomic mass is 16.5. The first kappa shape index (κ1) is 12.8. The molecule has 4 nitrogen and oxygen atoms in total. The normalized spacial score (nSPS) is 30.1. The predicted octanol–water partition coefficient (Wildman–Crippen LogP) is 1.01. The lowest BCUT2D eigenvalue weighted by molar-refractivity contribution is -0.141. The van der Waals surface area contributed by atoms with Crippen molar-refractivity contribution in [3.63, 3.8) is 0 Å². The summed E-state index contributed by atoms with van der Waals surface area (Å²) in [6.45, 7) is 8.13. The SMILES string of the molecule is CC1(C)CNCCN(CC2CCCCO2)C1=O. The molecule has 1 atom stereocenters. The molecule has 0 bridgehead atoms. The first-order valence-electron chi connectivity index (χ1n) is 6.71. The molecular weight excluding hydrogens is 216 g/mol. The largest absolute Gasteiger partial charge is 0.376 e. The van der Waals surface area contributed by atoms with Gasteiger partial charge in [-0.3, -0.25) is 4.79 Å². The molecular formula is C13H24N2O2. The third-order valence-corrected chi connectivity index (χ3v) is 3.69. The van der Waals surface area contributed by atoms with Crippen molar-refractivity contribution in [1.82, 2.24) is 10.2 Å². The van der Waals surface area contributed by atoms with Crippen LogP contribution >= 0.6 is 0 Å². The second-order valence-electron chi connectivity index (χ2n) is 5.80. The summed E-state index contributed by atoms with van der Waals surface area (Å²) in [5.74, 6) is 0.261. The van der Waals surface area contributed by atoms with Crippen LogP contribution in [0.2, 0.25) is 0 Å². The number of amides is 1. The molecule has 2 heterocycles. The van der Waals surface area contributed by atoms with Gasteiger partial charge in [0, 0.05) is 32.8 Å². The second-order valence-corrected chi connectivity index (χ2v) is 5.80. The number of rotatable bonds is 2. The first-order chi connectivity index (χ1) is 8.09. The van der Waals surface area contributed by atoms with Crippen LogP contribution in [0.25, 0.3) is 0 Å². The molecule has 2 rings (SSSR count). The highest BCUT2D eigenvalue weighted by Gasteiger charge is 2.34. The summed E-state index contributed by atoms with van der Waals surface area (Å²) in [7, 11) is 0. The van der Waals surface area contributed by atoms with Gasteiger partial charge in [-0.05, 0) is 33.1 Å². The van der Waals surface area contributed by atoms with Crippen molar-refractivity contribution in [3.8, 4) is 0 Å². The topological polar surface area (TPSA) is 41.6 Å². The Bertz CT molecular complexity index is 273. The first-order valence-corrected chi connectivity index (χ1v) is 6.71. The second kappa shape index (κ2) is 5.36. The van der Waals surface area contributed by atoms with Crippen LogP contribution in [0.3, 0.4) is 0 Å². The zero-order valence-electron chi connectivity index (χ0n) is 11.0. The molecule has 0 radical (unpaired) electrons. The summed E-state index contributed by atoms with van der Waals surface area (Å²) < 4.78 is 5.72. The fourth-order valence-electron chi connectivity index (χ4n) is 2.59. The Morgan fingerprint density at radius 3 is 3.00 bits per heavy atom. The fraction of sp³-hybridized carbons (Fsp3) is 0.923. The van der Waals surface area contributed by atoms with Gasteiger partial charge < -0.3 is 15.0 Å². The number of nitrogens with zero attached hydrogens (tertiary/aromatic N) is 1. The molecule has 0 aromatic heterocycles. The van der Waals surface area contributed by atoms with Crippen molar-refractivity contribution in [1.29, 1.82) is 0 Å². The molecule has 0 aromatic carbocycles. The molecule has 1 unspecified atom stereocenters. The Kier molecular flexibility index (Phi) is 4.05. The standard InChI is InChI=1S/C13H24N2O2/c1-13(2)10-14-6-7-15(12(13)16)9-11-5-3-4-8-17-11/h11,14H,3-10H2,1-2H3. The Morgan fingerprint density at radius 1 is 1.47 bits per heavy atom. The minimum absolute atomic E-state index is 0.251. The van der Waals surface area contributed by atoms with Gasteiger partial charge >= 0.3 is 0 Å². The van der Waals surface area contributed by atoms with E-state index in [-0.39, 0.29) is 17.4 Å². The Morgan fingerprint density at radius 2 is 2.29 bits per heavy atom. The zero-order valence-corrected chi connectivity index (χ0v) is 11.0. The summed E-state index contributed by atoms with van der Waals surface area (Å²) in [6, 6.07) is 0. The molecule has 0 spiro atoms. The van der Waals surface area contributed by atoms with Crippen molar-refractivity contribution in [2.24, 2.45) is 5.41 Å². The number of hydrogen-bond acceptors (Lipinski definition) is 3. The maximum absolute atomic E-state index is 12.4. The molecule has 0 aliphatic carbocycles. The van der Waals surface area contributed by atoms with E-state index in [2.05, 4.69) is 5.32 Å². The molecule has 0 saturated carbocycles. The van der Waals surface area contributed by atoms with Crippen LogP contribution in [0, 0.1) is 5.41 Å². The minimum atomic E-state index is -0.287. The van der Waals surface area contributed by atoms with Crippen molar-refractivity contribution in [2.75, 3.05) is 32.8 Å². The van der Waals surface area contributed by atoms with E-state index >= 15 is 0 Å². The monoisotopic (exact) mass is 240 g/mol. The third kappa shape index (κ3) is 3.19. The lowest BCUT2D eigenvalue weighted by atomic mass is 9.92. The predicted molar refractivity (Wildman–Crippen MR) is 66.8 cm³/mol. The molecule has 2 saturated heterocycles. The fourth-order valence-corrected chi connectivity index (χ4v) is 2.59. The van der Waals surface area contributed by atoms with E-state index in [9.17, 15) is 4.79 Å². The third-order valence-electron chi connectivity index (χ3n) is 3.69. The van der Waals surface area contributed by atoms with Gasteiger partial charge in [0.15, 0.2) is 0 Å². The molecule has 98 valence electrons. The van der Waals surface area contributed by atoms with Crippen molar-refractivity contribution >= 4 is 5.91 Å². The average Bonchev–Trinajstić information content (AvgIpc) is 2.44. The van der Waals surface area contributed by atoms with Gasteiger partial charge in [-0.1, -0.05) is 0 Å². The van der Waals surface area contributed by atoms with Gasteiger partial charge in [-0.2, -0.15) is 0 Å². The lowest BCUT2D eigenvalue weighted by Gasteiger charge is -2.32. The molecule has 1 amide bonds. The number of carbonyl (C=O) groups is 1. The van der Waals surface area contributed by atoms with E-state index in [1.54, 1.807) is 0 Å². The van der Waals surface area contributed by atoms with E-state index in [4.69, 9.17) is 4.74 Å². The van der Waals surface area contributed by atoms with Crippen LogP contribution in [0.4, 0.5) is 0 Å². The maximum atomic E-state index is 12.4. The van der Waals surface area contributed by atoms with E-state index < -0.39 is 0 Å². The van der Waals surface area contributed by atoms with Gasteiger partial charge in [0.1, 0.15) is 0 Å². The number of ether oxygens (including phenoxy) is 1. The summed E-state index contributed by atoms with van der Waals surface area (Å²) >= 11 is 0. The van der Waals surface area contributed by atoms with E-state index in [1.807, 2.05) is 18.7 Å². The van der Waals surface area contributed by atoms with Gasteiger partial charge in [0.25, 0.3) is 0 Å². The molecule has 4 heteroatoms. The molecule has 0 aromatic rings. The van der Waals surface area contributed by atoms with Crippen LogP contribution in [-0.4, -0.2) is 49.7 Å². The van der Waals surface area contributed by atoms with Crippen molar-refractivity contribution in [3.05, 3.63) is 0 Å². The van der Waals surface area contributed by atoms with Crippen LogP contribution in [0.1, 0.15) is 33.1 Å². The highest BCUT2D eigenvalue weighted by molar-refractivity contribution is 5.82. The summed E-state index contributed by atoms with van der Waals surface area (Å²) in [5.41, 5.74) is -0.287. The summed E-state index contributed by atoms with van der Waals surface area (Å²) in [4.78, 5) is 14.4. The zero-order chi connectivity index (χ0) is 12.3. The molecule has 2 fully saturated rings. The smallest absolute Gasteiger partial charge is 0.229 e. The van der Waals surface area contributed by atoms with E-state index in [1.165, 1.54) is 6.42 Å². The Balaban J connectivity index is 1.95. The Hall–Kier alpha value is -0.610. The summed E-state index contributed by atoms with van der Waals surface area (Å²) in [5, 5.41) is 3.33. The highest BCUT2D eigenvalue weighted by Crippen LogP contribution is 2.21. The van der Waals surface area contributed by atoms with E-state index in [0.717, 1.165) is 45.6 Å². The number of nitrogens with one attached hydrogen (secondary N) is 1. The average molecular weight is 240 g/mol. The maximum Gasteiger partial charge on any atom is 0.229 e. The van der Waals surface area contributed by atoms with Crippen LogP contribution in [0.5, 0.6) is 0 Å². The van der Waals surface area contributed by atoms with Crippen LogP contribution in [-0.2, 0) is 9.53 Å². The molecule has 1 N–H and O–H groups in total.